The summed E-state index contributed by atoms with van der Waals surface area (Å²) in [5, 5.41) is 0. The van der Waals surface area contributed by atoms with Crippen molar-refractivity contribution in [2.75, 3.05) is 0 Å². The first-order chi connectivity index (χ1) is 9.82. The maximum Gasteiger partial charge on any atom is 0.389 e. The summed E-state index contributed by atoms with van der Waals surface area (Å²) in [7, 11) is 0. The van der Waals surface area contributed by atoms with E-state index < -0.39 is 52.8 Å². The van der Waals surface area contributed by atoms with E-state index in [4.69, 9.17) is 0 Å². The maximum absolute atomic E-state index is 13.5. The molecule has 0 unspecified atom stereocenters. The Bertz CT molecular complexity index is 646. The fraction of sp³-hybridized carbons (Fsp3) is 0.0909. The highest BCUT2D eigenvalue weighted by Crippen LogP contribution is 2.31. The highest BCUT2D eigenvalue weighted by atomic mass is 19.3. The van der Waals surface area contributed by atoms with Gasteiger partial charge in [-0.2, -0.15) is 8.78 Å². The molecule has 0 aliphatic carbocycles. The zero-order chi connectivity index (χ0) is 15.7. The third kappa shape index (κ3) is 2.73. The number of nitrogens with zero attached hydrogens (tertiary/aromatic N) is 2. The van der Waals surface area contributed by atoms with Gasteiger partial charge < -0.3 is 4.74 Å². The molecule has 3 nitrogen and oxygen atoms in total. The lowest BCUT2D eigenvalue weighted by Gasteiger charge is -2.08. The maximum atomic E-state index is 13.5. The van der Waals surface area contributed by atoms with Crippen molar-refractivity contribution in [3.05, 3.63) is 41.5 Å². The van der Waals surface area contributed by atoms with Crippen molar-refractivity contribution in [2.45, 2.75) is 6.61 Å². The van der Waals surface area contributed by atoms with Crippen LogP contribution in [0.4, 0.5) is 30.7 Å². The summed E-state index contributed by atoms with van der Waals surface area (Å²) < 4.78 is 93.3. The number of hydrogen-bond acceptors (Lipinski definition) is 3. The average Bonchev–Trinajstić information content (AvgIpc) is 2.44. The Kier molecular flexibility index (Phi) is 3.96. The summed E-state index contributed by atoms with van der Waals surface area (Å²) in [6, 6.07) is -0.822. The predicted molar refractivity (Wildman–Crippen MR) is 53.9 cm³/mol. The van der Waals surface area contributed by atoms with E-state index in [1.165, 1.54) is 0 Å². The SMILES string of the molecule is Fc1c(F)c(F)c(-c2cnc(OC(F)F)nc2)c(F)c1F. The molecule has 0 saturated heterocycles. The van der Waals surface area contributed by atoms with Crippen molar-refractivity contribution < 1.29 is 35.5 Å². The van der Waals surface area contributed by atoms with Crippen LogP contribution in [0.25, 0.3) is 11.1 Å². The first-order valence-corrected chi connectivity index (χ1v) is 5.11. The third-order valence-electron chi connectivity index (χ3n) is 2.32. The molecule has 1 aromatic carbocycles. The molecule has 2 aromatic rings. The zero-order valence-corrected chi connectivity index (χ0v) is 9.68. The predicted octanol–water partition coefficient (Wildman–Crippen LogP) is 3.44. The summed E-state index contributed by atoms with van der Waals surface area (Å²) in [6.07, 6.45) is 1.17. The van der Waals surface area contributed by atoms with Gasteiger partial charge in [-0.1, -0.05) is 0 Å². The lowest BCUT2D eigenvalue weighted by atomic mass is 10.1. The van der Waals surface area contributed by atoms with Gasteiger partial charge in [0.15, 0.2) is 23.3 Å². The summed E-state index contributed by atoms with van der Waals surface area (Å²) in [6.45, 7) is -3.23. The van der Waals surface area contributed by atoms with Gasteiger partial charge in [0.1, 0.15) is 0 Å². The van der Waals surface area contributed by atoms with Gasteiger partial charge in [-0.25, -0.2) is 31.9 Å². The van der Waals surface area contributed by atoms with Crippen molar-refractivity contribution >= 4 is 0 Å². The largest absolute Gasteiger partial charge is 0.401 e. The van der Waals surface area contributed by atoms with Crippen LogP contribution in [-0.4, -0.2) is 16.6 Å². The van der Waals surface area contributed by atoms with Crippen LogP contribution in [0, 0.1) is 29.1 Å². The molecule has 1 aromatic heterocycles. The van der Waals surface area contributed by atoms with Gasteiger partial charge in [-0.05, 0) is 0 Å². The minimum atomic E-state index is -3.23. The standard InChI is InChI=1S/C11H3F7N2O/c12-5-4(6(13)8(15)9(16)7(5)14)3-1-19-11(20-2-3)21-10(17)18/h1-2,10H. The number of halogens is 7. The van der Waals surface area contributed by atoms with Crippen molar-refractivity contribution in [1.82, 2.24) is 9.97 Å². The molecule has 0 spiro atoms. The number of hydrogen-bond donors (Lipinski definition) is 0. The molecule has 2 rings (SSSR count). The van der Waals surface area contributed by atoms with Crippen LogP contribution < -0.4 is 4.74 Å². The highest BCUT2D eigenvalue weighted by molar-refractivity contribution is 5.63. The van der Waals surface area contributed by atoms with Crippen LogP contribution in [0.5, 0.6) is 6.01 Å². The molecule has 0 saturated carbocycles. The number of benzene rings is 1. The molecular formula is C11H3F7N2O. The molecule has 0 bridgehead atoms. The highest BCUT2D eigenvalue weighted by Gasteiger charge is 2.27. The van der Waals surface area contributed by atoms with Crippen molar-refractivity contribution in [3.8, 4) is 17.1 Å². The minimum Gasteiger partial charge on any atom is -0.401 e. The van der Waals surface area contributed by atoms with E-state index >= 15 is 0 Å². The summed E-state index contributed by atoms with van der Waals surface area (Å²) in [4.78, 5) is 6.35. The molecule has 0 radical (unpaired) electrons. The number of rotatable bonds is 3. The van der Waals surface area contributed by atoms with Gasteiger partial charge in [0, 0.05) is 18.0 Å². The second kappa shape index (κ2) is 5.54. The molecule has 10 heteroatoms. The number of ether oxygens (including phenoxy) is 1. The normalized spacial score (nSPS) is 11.0. The smallest absolute Gasteiger partial charge is 0.389 e. The van der Waals surface area contributed by atoms with E-state index in [0.717, 1.165) is 0 Å². The fourth-order valence-electron chi connectivity index (χ4n) is 1.44. The topological polar surface area (TPSA) is 35.0 Å². The molecule has 0 N–H and O–H groups in total. The van der Waals surface area contributed by atoms with Crippen LogP contribution in [0.3, 0.4) is 0 Å². The van der Waals surface area contributed by atoms with Crippen LogP contribution in [0.2, 0.25) is 0 Å². The first kappa shape index (κ1) is 15.0. The van der Waals surface area contributed by atoms with E-state index in [2.05, 4.69) is 14.7 Å². The van der Waals surface area contributed by atoms with E-state index in [0.29, 0.717) is 12.4 Å². The van der Waals surface area contributed by atoms with Gasteiger partial charge in [0.25, 0.3) is 0 Å². The van der Waals surface area contributed by atoms with Gasteiger partial charge in [-0.15, -0.1) is 0 Å². The Morgan fingerprint density at radius 2 is 1.19 bits per heavy atom. The van der Waals surface area contributed by atoms with Crippen molar-refractivity contribution in [3.63, 3.8) is 0 Å². The van der Waals surface area contributed by atoms with E-state index in [-0.39, 0.29) is 0 Å². The van der Waals surface area contributed by atoms with Gasteiger partial charge in [0.05, 0.1) is 5.56 Å². The fourth-order valence-corrected chi connectivity index (χ4v) is 1.44. The molecular weight excluding hydrogens is 309 g/mol. The molecule has 1 heterocycles. The van der Waals surface area contributed by atoms with Crippen molar-refractivity contribution in [2.24, 2.45) is 0 Å². The second-order valence-electron chi connectivity index (χ2n) is 3.58. The summed E-state index contributed by atoms with van der Waals surface area (Å²) in [5.74, 6) is -10.8. The Labute approximate surface area is 112 Å². The Balaban J connectivity index is 2.52. The molecule has 0 aliphatic rings. The van der Waals surface area contributed by atoms with E-state index in [9.17, 15) is 30.7 Å². The third-order valence-corrected chi connectivity index (χ3v) is 2.32. The second-order valence-corrected chi connectivity index (χ2v) is 3.58. The monoisotopic (exact) mass is 312 g/mol. The van der Waals surface area contributed by atoms with Crippen molar-refractivity contribution in [1.29, 1.82) is 0 Å². The molecule has 0 aliphatic heterocycles. The molecule has 0 amide bonds. The Morgan fingerprint density at radius 1 is 0.762 bits per heavy atom. The van der Waals surface area contributed by atoms with Gasteiger partial charge in [0.2, 0.25) is 5.82 Å². The molecule has 0 fully saturated rings. The van der Waals surface area contributed by atoms with Crippen LogP contribution in [-0.2, 0) is 0 Å². The Morgan fingerprint density at radius 3 is 1.62 bits per heavy atom. The zero-order valence-electron chi connectivity index (χ0n) is 9.68. The van der Waals surface area contributed by atoms with E-state index in [1.807, 2.05) is 0 Å². The Hall–Kier alpha value is -2.39. The first-order valence-electron chi connectivity index (χ1n) is 5.11. The minimum absolute atomic E-state index is 0.586. The summed E-state index contributed by atoms with van der Waals surface area (Å²) >= 11 is 0. The van der Waals surface area contributed by atoms with E-state index in [1.54, 1.807) is 0 Å². The lowest BCUT2D eigenvalue weighted by molar-refractivity contribution is -0.0560. The molecule has 0 atom stereocenters. The lowest BCUT2D eigenvalue weighted by Crippen LogP contribution is -2.07. The van der Waals surface area contributed by atoms with Crippen LogP contribution >= 0.6 is 0 Å². The molecule has 21 heavy (non-hydrogen) atoms. The van der Waals surface area contributed by atoms with Gasteiger partial charge in [-0.3, -0.25) is 0 Å². The average molecular weight is 312 g/mol. The van der Waals surface area contributed by atoms with Crippen LogP contribution in [0.1, 0.15) is 0 Å². The van der Waals surface area contributed by atoms with Gasteiger partial charge >= 0.3 is 12.6 Å². The quantitative estimate of drug-likeness (QED) is 0.495. The number of alkyl halides is 2. The molecule has 112 valence electrons. The van der Waals surface area contributed by atoms with Crippen LogP contribution in [0.15, 0.2) is 12.4 Å². The summed E-state index contributed by atoms with van der Waals surface area (Å²) in [5.41, 5.74) is -1.86. The number of aromatic nitrogens is 2.